The maximum atomic E-state index is 13.5. The Kier molecular flexibility index (Phi) is 6.22. The van der Waals surface area contributed by atoms with Crippen LogP contribution in [0.25, 0.3) is 0 Å². The van der Waals surface area contributed by atoms with Crippen molar-refractivity contribution in [3.8, 4) is 0 Å². The first-order chi connectivity index (χ1) is 16.5. The van der Waals surface area contributed by atoms with Crippen LogP contribution in [0.5, 0.6) is 0 Å². The number of carbonyl (C=O) groups is 3. The SMILES string of the molecule is O=C(NC1CC1)c1cn(C2CCCCC2)cc(C(=O)N2CCN(c3ccccc3)C(=O)C2)c1=O. The van der Waals surface area contributed by atoms with E-state index < -0.39 is 17.2 Å². The highest BCUT2D eigenvalue weighted by atomic mass is 16.2. The predicted molar refractivity (Wildman–Crippen MR) is 128 cm³/mol. The van der Waals surface area contributed by atoms with Crippen LogP contribution in [0, 0.1) is 0 Å². The lowest BCUT2D eigenvalue weighted by Gasteiger charge is -2.34. The molecule has 8 heteroatoms. The highest BCUT2D eigenvalue weighted by Crippen LogP contribution is 2.28. The highest BCUT2D eigenvalue weighted by Gasteiger charge is 2.32. The number of benzene rings is 1. The van der Waals surface area contributed by atoms with E-state index in [2.05, 4.69) is 5.32 Å². The summed E-state index contributed by atoms with van der Waals surface area (Å²) in [6, 6.07) is 9.61. The number of nitrogens with one attached hydrogen (secondary N) is 1. The number of anilines is 1. The van der Waals surface area contributed by atoms with Crippen LogP contribution >= 0.6 is 0 Å². The van der Waals surface area contributed by atoms with Crippen molar-refractivity contribution in [1.29, 1.82) is 0 Å². The first-order valence-corrected chi connectivity index (χ1v) is 12.2. The highest BCUT2D eigenvalue weighted by molar-refractivity contribution is 6.03. The summed E-state index contributed by atoms with van der Waals surface area (Å²) in [5, 5.41) is 2.88. The van der Waals surface area contributed by atoms with Crippen LogP contribution in [0.2, 0.25) is 0 Å². The number of aromatic nitrogens is 1. The van der Waals surface area contributed by atoms with Gasteiger partial charge >= 0.3 is 0 Å². The predicted octanol–water partition coefficient (Wildman–Crippen LogP) is 2.73. The monoisotopic (exact) mass is 462 g/mol. The molecule has 0 unspecified atom stereocenters. The summed E-state index contributed by atoms with van der Waals surface area (Å²) in [6.45, 7) is 0.573. The number of hydrogen-bond acceptors (Lipinski definition) is 4. The summed E-state index contributed by atoms with van der Waals surface area (Å²) in [6.07, 6.45) is 10.3. The second-order valence-electron chi connectivity index (χ2n) is 9.51. The molecule has 8 nitrogen and oxygen atoms in total. The molecular weight excluding hydrogens is 432 g/mol. The van der Waals surface area contributed by atoms with Crippen molar-refractivity contribution in [2.45, 2.75) is 57.0 Å². The smallest absolute Gasteiger partial charge is 0.259 e. The van der Waals surface area contributed by atoms with Gasteiger partial charge in [-0.05, 0) is 37.8 Å². The maximum Gasteiger partial charge on any atom is 0.259 e. The van der Waals surface area contributed by atoms with Gasteiger partial charge < -0.3 is 19.7 Å². The van der Waals surface area contributed by atoms with Crippen LogP contribution in [0.15, 0.2) is 47.5 Å². The molecule has 0 spiro atoms. The Balaban J connectivity index is 1.42. The number of para-hydroxylation sites is 1. The van der Waals surface area contributed by atoms with E-state index in [0.29, 0.717) is 13.1 Å². The fourth-order valence-electron chi connectivity index (χ4n) is 4.89. The molecule has 0 radical (unpaired) electrons. The summed E-state index contributed by atoms with van der Waals surface area (Å²) in [4.78, 5) is 55.5. The van der Waals surface area contributed by atoms with Crippen molar-refractivity contribution < 1.29 is 14.4 Å². The zero-order valence-corrected chi connectivity index (χ0v) is 19.2. The molecule has 2 aliphatic carbocycles. The molecule has 1 aromatic heterocycles. The molecular formula is C26H30N4O4. The van der Waals surface area contributed by atoms with Gasteiger partial charge in [0.1, 0.15) is 17.7 Å². The van der Waals surface area contributed by atoms with E-state index in [1.54, 1.807) is 17.3 Å². The van der Waals surface area contributed by atoms with Gasteiger partial charge in [-0.1, -0.05) is 37.5 Å². The molecule has 34 heavy (non-hydrogen) atoms. The summed E-state index contributed by atoms with van der Waals surface area (Å²) >= 11 is 0. The number of hydrogen-bond donors (Lipinski definition) is 1. The van der Waals surface area contributed by atoms with Crippen LogP contribution in [-0.2, 0) is 4.79 Å². The second kappa shape index (κ2) is 9.44. The van der Waals surface area contributed by atoms with E-state index in [1.807, 2.05) is 34.9 Å². The first-order valence-electron chi connectivity index (χ1n) is 12.2. The standard InChI is InChI=1S/C26H30N4O4/c31-23-17-28(13-14-30(23)20-9-5-2-6-10-20)26(34)22-16-29(19-7-3-1-4-8-19)15-21(24(22)32)25(33)27-18-11-12-18/h2,5-6,9-10,15-16,18-19H,1,3-4,7-8,11-14,17H2,(H,27,33). The van der Waals surface area contributed by atoms with Crippen LogP contribution in [0.1, 0.15) is 71.7 Å². The number of pyridine rings is 1. The molecule has 5 rings (SSSR count). The number of carbonyl (C=O) groups excluding carboxylic acids is 3. The quantitative estimate of drug-likeness (QED) is 0.740. The summed E-state index contributed by atoms with van der Waals surface area (Å²) in [7, 11) is 0. The van der Waals surface area contributed by atoms with Crippen molar-refractivity contribution >= 4 is 23.4 Å². The molecule has 3 amide bonds. The molecule has 0 atom stereocenters. The van der Waals surface area contributed by atoms with Gasteiger partial charge in [0, 0.05) is 43.3 Å². The Bertz CT molecular complexity index is 1150. The van der Waals surface area contributed by atoms with Crippen molar-refractivity contribution in [3.63, 3.8) is 0 Å². The van der Waals surface area contributed by atoms with Crippen LogP contribution in [0.4, 0.5) is 5.69 Å². The summed E-state index contributed by atoms with van der Waals surface area (Å²) in [5.41, 5.74) is 0.207. The van der Waals surface area contributed by atoms with Gasteiger partial charge in [0.25, 0.3) is 11.8 Å². The topological polar surface area (TPSA) is 91.7 Å². The molecule has 3 fully saturated rings. The van der Waals surface area contributed by atoms with Crippen LogP contribution < -0.4 is 15.6 Å². The maximum absolute atomic E-state index is 13.5. The number of amides is 3. The van der Waals surface area contributed by atoms with Gasteiger partial charge in [-0.2, -0.15) is 0 Å². The molecule has 2 heterocycles. The van der Waals surface area contributed by atoms with E-state index in [1.165, 1.54) is 11.3 Å². The Morgan fingerprint density at radius 1 is 0.853 bits per heavy atom. The summed E-state index contributed by atoms with van der Waals surface area (Å²) in [5.74, 6) is -1.10. The first kappa shape index (κ1) is 22.4. The third-order valence-electron chi connectivity index (χ3n) is 7.01. The van der Waals surface area contributed by atoms with E-state index in [4.69, 9.17) is 0 Å². The van der Waals surface area contributed by atoms with Gasteiger partial charge in [-0.15, -0.1) is 0 Å². The van der Waals surface area contributed by atoms with Crippen molar-refractivity contribution in [2.24, 2.45) is 0 Å². The Labute approximate surface area is 198 Å². The minimum Gasteiger partial charge on any atom is -0.349 e. The second-order valence-corrected chi connectivity index (χ2v) is 9.51. The normalized spacial score (nSPS) is 19.2. The molecule has 178 valence electrons. The Morgan fingerprint density at radius 3 is 2.24 bits per heavy atom. The fourth-order valence-corrected chi connectivity index (χ4v) is 4.89. The van der Waals surface area contributed by atoms with Gasteiger partial charge in [-0.25, -0.2) is 0 Å². The molecule has 1 aromatic carbocycles. The van der Waals surface area contributed by atoms with Crippen molar-refractivity contribution in [1.82, 2.24) is 14.8 Å². The molecule has 1 saturated heterocycles. The molecule has 3 aliphatic rings. The lowest BCUT2D eigenvalue weighted by molar-refractivity contribution is -0.120. The van der Waals surface area contributed by atoms with E-state index in [0.717, 1.165) is 44.2 Å². The summed E-state index contributed by atoms with van der Waals surface area (Å²) < 4.78 is 1.89. The number of rotatable bonds is 5. The van der Waals surface area contributed by atoms with Crippen LogP contribution in [-0.4, -0.2) is 52.9 Å². The van der Waals surface area contributed by atoms with E-state index in [9.17, 15) is 19.2 Å². The largest absolute Gasteiger partial charge is 0.349 e. The molecule has 2 aromatic rings. The zero-order valence-electron chi connectivity index (χ0n) is 19.2. The molecule has 1 N–H and O–H groups in total. The zero-order chi connectivity index (χ0) is 23.7. The fraction of sp³-hybridized carbons (Fsp3) is 0.462. The lowest BCUT2D eigenvalue weighted by atomic mass is 9.95. The minimum absolute atomic E-state index is 0.0116. The van der Waals surface area contributed by atoms with Crippen molar-refractivity contribution in [2.75, 3.05) is 24.5 Å². The number of piperazine rings is 1. The molecule has 0 bridgehead atoms. The minimum atomic E-state index is -0.562. The van der Waals surface area contributed by atoms with Gasteiger partial charge in [0.05, 0.1) is 0 Å². The third-order valence-corrected chi connectivity index (χ3v) is 7.01. The average Bonchev–Trinajstić information content (AvgIpc) is 3.68. The number of nitrogens with zero attached hydrogens (tertiary/aromatic N) is 3. The average molecular weight is 463 g/mol. The van der Waals surface area contributed by atoms with Gasteiger partial charge in [0.2, 0.25) is 11.3 Å². The van der Waals surface area contributed by atoms with E-state index in [-0.39, 0.29) is 35.7 Å². The van der Waals surface area contributed by atoms with Crippen molar-refractivity contribution in [3.05, 3.63) is 64.1 Å². The van der Waals surface area contributed by atoms with Gasteiger partial charge in [0.15, 0.2) is 0 Å². The lowest BCUT2D eigenvalue weighted by Crippen LogP contribution is -2.53. The molecule has 1 aliphatic heterocycles. The van der Waals surface area contributed by atoms with Gasteiger partial charge in [-0.3, -0.25) is 19.2 Å². The van der Waals surface area contributed by atoms with E-state index >= 15 is 0 Å². The Morgan fingerprint density at radius 2 is 1.56 bits per heavy atom. The van der Waals surface area contributed by atoms with Crippen LogP contribution in [0.3, 0.4) is 0 Å². The molecule has 2 saturated carbocycles. The third kappa shape index (κ3) is 4.62. The Hall–Kier alpha value is -3.42.